The van der Waals surface area contributed by atoms with Crippen LogP contribution in [-0.2, 0) is 11.2 Å². The number of benzene rings is 4. The maximum Gasteiger partial charge on any atom is 0.338 e. The van der Waals surface area contributed by atoms with Gasteiger partial charge in [-0.25, -0.2) is 9.18 Å². The highest BCUT2D eigenvalue weighted by atomic mass is 19.1. The molecule has 1 aliphatic heterocycles. The van der Waals surface area contributed by atoms with Crippen molar-refractivity contribution < 1.29 is 13.9 Å². The molecular weight excluding hydrogens is 425 g/mol. The van der Waals surface area contributed by atoms with Gasteiger partial charge in [-0.1, -0.05) is 72.8 Å². The second-order valence-electron chi connectivity index (χ2n) is 9.01. The Hall–Kier alpha value is -3.50. The fraction of sp³-hybridized carbons (Fsp3) is 0.233. The van der Waals surface area contributed by atoms with E-state index in [-0.39, 0.29) is 29.7 Å². The Balaban J connectivity index is 1.47. The summed E-state index contributed by atoms with van der Waals surface area (Å²) in [6.07, 6.45) is 1.21. The van der Waals surface area contributed by atoms with Crippen LogP contribution in [0.1, 0.15) is 33.8 Å². The highest BCUT2D eigenvalue weighted by Crippen LogP contribution is 2.35. The molecule has 34 heavy (non-hydrogen) atoms. The molecule has 1 fully saturated rings. The lowest BCUT2D eigenvalue weighted by Gasteiger charge is -2.37. The number of esters is 1. The van der Waals surface area contributed by atoms with E-state index in [9.17, 15) is 9.18 Å². The number of rotatable bonds is 6. The zero-order chi connectivity index (χ0) is 23.3. The van der Waals surface area contributed by atoms with Crippen molar-refractivity contribution in [1.82, 2.24) is 5.32 Å². The summed E-state index contributed by atoms with van der Waals surface area (Å²) in [4.78, 5) is 13.1. The van der Waals surface area contributed by atoms with Crippen molar-refractivity contribution in [2.45, 2.75) is 24.9 Å². The van der Waals surface area contributed by atoms with Crippen molar-refractivity contribution >= 4 is 16.7 Å². The second kappa shape index (κ2) is 10.2. The summed E-state index contributed by atoms with van der Waals surface area (Å²) in [6, 6.07) is 30.6. The summed E-state index contributed by atoms with van der Waals surface area (Å²) < 4.78 is 19.8. The zero-order valence-electron chi connectivity index (χ0n) is 19.0. The molecule has 0 aliphatic carbocycles. The summed E-state index contributed by atoms with van der Waals surface area (Å²) in [6.45, 7) is 1.62. The Morgan fingerprint density at radius 1 is 0.912 bits per heavy atom. The average molecular weight is 454 g/mol. The lowest BCUT2D eigenvalue weighted by atomic mass is 9.76. The van der Waals surface area contributed by atoms with Gasteiger partial charge in [0.2, 0.25) is 0 Å². The van der Waals surface area contributed by atoms with Crippen LogP contribution >= 0.6 is 0 Å². The number of halogens is 1. The minimum absolute atomic E-state index is 0.0679. The lowest BCUT2D eigenvalue weighted by Crippen LogP contribution is -2.44. The van der Waals surface area contributed by atoms with Gasteiger partial charge in [0.1, 0.15) is 11.9 Å². The molecule has 4 aromatic rings. The van der Waals surface area contributed by atoms with E-state index >= 15 is 0 Å². The van der Waals surface area contributed by atoms with Gasteiger partial charge < -0.3 is 10.1 Å². The number of nitrogens with one attached hydrogen (secondary N) is 1. The topological polar surface area (TPSA) is 38.3 Å². The molecule has 0 saturated carbocycles. The van der Waals surface area contributed by atoms with E-state index in [1.54, 1.807) is 12.1 Å². The molecule has 1 heterocycles. The average Bonchev–Trinajstić information content (AvgIpc) is 2.89. The highest BCUT2D eigenvalue weighted by Gasteiger charge is 2.35. The first-order chi connectivity index (χ1) is 16.7. The van der Waals surface area contributed by atoms with Gasteiger partial charge in [-0.05, 0) is 65.0 Å². The van der Waals surface area contributed by atoms with Gasteiger partial charge in [-0.3, -0.25) is 0 Å². The second-order valence-corrected chi connectivity index (χ2v) is 9.01. The molecule has 1 N–H and O–H groups in total. The molecule has 1 aliphatic rings. The molecular formula is C30H28FNO2. The normalized spacial score (nSPS) is 19.0. The Labute approximate surface area is 199 Å². The van der Waals surface area contributed by atoms with Crippen LogP contribution in [0, 0.1) is 11.7 Å². The van der Waals surface area contributed by atoms with E-state index in [1.165, 1.54) is 22.9 Å². The van der Waals surface area contributed by atoms with Crippen LogP contribution in [0.3, 0.4) is 0 Å². The number of hydrogen-bond donors (Lipinski definition) is 1. The van der Waals surface area contributed by atoms with Gasteiger partial charge in [0, 0.05) is 18.9 Å². The minimum Gasteiger partial charge on any atom is -0.458 e. The first-order valence-corrected chi connectivity index (χ1v) is 11.9. The third-order valence-corrected chi connectivity index (χ3v) is 6.82. The monoisotopic (exact) mass is 453 g/mol. The van der Waals surface area contributed by atoms with Gasteiger partial charge in [0.05, 0.1) is 5.56 Å². The third kappa shape index (κ3) is 5.02. The smallest absolute Gasteiger partial charge is 0.338 e. The van der Waals surface area contributed by atoms with E-state index in [4.69, 9.17) is 4.74 Å². The molecule has 0 amide bonds. The maximum absolute atomic E-state index is 13.6. The first kappa shape index (κ1) is 22.3. The summed E-state index contributed by atoms with van der Waals surface area (Å²) in [5, 5.41) is 5.85. The van der Waals surface area contributed by atoms with Crippen LogP contribution in [0.5, 0.6) is 0 Å². The van der Waals surface area contributed by atoms with E-state index in [2.05, 4.69) is 35.6 Å². The third-order valence-electron chi connectivity index (χ3n) is 6.82. The highest BCUT2D eigenvalue weighted by molar-refractivity contribution is 5.89. The van der Waals surface area contributed by atoms with E-state index in [0.29, 0.717) is 12.0 Å². The lowest BCUT2D eigenvalue weighted by molar-refractivity contribution is 0.00619. The Morgan fingerprint density at radius 3 is 2.44 bits per heavy atom. The van der Waals surface area contributed by atoms with Crippen molar-refractivity contribution in [3.8, 4) is 0 Å². The van der Waals surface area contributed by atoms with E-state index in [0.717, 1.165) is 30.6 Å². The summed E-state index contributed by atoms with van der Waals surface area (Å²) >= 11 is 0. The Morgan fingerprint density at radius 2 is 1.65 bits per heavy atom. The number of hydrogen-bond acceptors (Lipinski definition) is 3. The molecule has 172 valence electrons. The van der Waals surface area contributed by atoms with Crippen molar-refractivity contribution in [2.24, 2.45) is 5.92 Å². The van der Waals surface area contributed by atoms with Gasteiger partial charge in [-0.2, -0.15) is 0 Å². The van der Waals surface area contributed by atoms with Crippen molar-refractivity contribution in [3.63, 3.8) is 0 Å². The maximum atomic E-state index is 13.6. The predicted octanol–water partition coefficient (Wildman–Crippen LogP) is 6.14. The fourth-order valence-corrected chi connectivity index (χ4v) is 5.06. The number of fused-ring (bicyclic) bond motifs is 1. The molecule has 4 aromatic carbocycles. The minimum atomic E-state index is -0.322. The van der Waals surface area contributed by atoms with Crippen LogP contribution < -0.4 is 5.32 Å². The molecule has 1 saturated heterocycles. The van der Waals surface area contributed by atoms with Crippen molar-refractivity contribution in [1.29, 1.82) is 0 Å². The first-order valence-electron chi connectivity index (χ1n) is 11.9. The van der Waals surface area contributed by atoms with E-state index in [1.807, 2.05) is 42.5 Å². The summed E-state index contributed by atoms with van der Waals surface area (Å²) in [5.41, 5.74) is 2.77. The van der Waals surface area contributed by atoms with Gasteiger partial charge in [0.25, 0.3) is 0 Å². The van der Waals surface area contributed by atoms with Crippen LogP contribution in [0.25, 0.3) is 10.8 Å². The van der Waals surface area contributed by atoms with Gasteiger partial charge in [-0.15, -0.1) is 0 Å². The number of carbonyl (C=O) groups is 1. The van der Waals surface area contributed by atoms with Crippen LogP contribution in [0.4, 0.5) is 4.39 Å². The number of piperidine rings is 1. The quantitative estimate of drug-likeness (QED) is 0.356. The zero-order valence-corrected chi connectivity index (χ0v) is 19.0. The standard InChI is InChI=1S/C30H28FNO2/c31-26-14-12-23(13-15-26)27-16-17-32-20-28(27)29(34-30(33)24-7-2-1-3-8-24)19-21-10-11-22-6-4-5-9-25(22)18-21/h1-15,18,27-29,32H,16-17,19-20H2. The molecule has 4 heteroatoms. The van der Waals surface area contributed by atoms with Crippen LogP contribution in [-0.4, -0.2) is 25.2 Å². The molecule has 0 aromatic heterocycles. The summed E-state index contributed by atoms with van der Waals surface area (Å²) in [7, 11) is 0. The molecule has 5 rings (SSSR count). The van der Waals surface area contributed by atoms with Crippen molar-refractivity contribution in [2.75, 3.05) is 13.1 Å². The van der Waals surface area contributed by atoms with Crippen molar-refractivity contribution in [3.05, 3.63) is 120 Å². The largest absolute Gasteiger partial charge is 0.458 e. The number of carbonyl (C=O) groups excluding carboxylic acids is 1. The van der Waals surface area contributed by atoms with Gasteiger partial charge in [0.15, 0.2) is 0 Å². The number of ether oxygens (including phenoxy) is 1. The predicted molar refractivity (Wildman–Crippen MR) is 133 cm³/mol. The summed E-state index contributed by atoms with van der Waals surface area (Å²) in [5.74, 6) is -0.304. The molecule has 0 spiro atoms. The molecule has 0 bridgehead atoms. The molecule has 3 unspecified atom stereocenters. The van der Waals surface area contributed by atoms with Crippen LogP contribution in [0.15, 0.2) is 97.1 Å². The molecule has 3 atom stereocenters. The van der Waals surface area contributed by atoms with Crippen LogP contribution in [0.2, 0.25) is 0 Å². The van der Waals surface area contributed by atoms with Gasteiger partial charge >= 0.3 is 5.97 Å². The Kier molecular flexibility index (Phi) is 6.68. The van der Waals surface area contributed by atoms with E-state index < -0.39 is 0 Å². The SMILES string of the molecule is O=C(OC(Cc1ccc2ccccc2c1)C1CNCCC1c1ccc(F)cc1)c1ccccc1. The molecule has 3 nitrogen and oxygen atoms in total. The molecule has 0 radical (unpaired) electrons. The fourth-order valence-electron chi connectivity index (χ4n) is 5.06. The Bertz CT molecular complexity index is 1260.